The summed E-state index contributed by atoms with van der Waals surface area (Å²) in [4.78, 5) is 24.5. The van der Waals surface area contributed by atoms with E-state index in [1.54, 1.807) is 6.08 Å². The molecule has 6 heteroatoms. The van der Waals surface area contributed by atoms with Gasteiger partial charge in [0.25, 0.3) is 0 Å². The summed E-state index contributed by atoms with van der Waals surface area (Å²) in [5.74, 6) is -0.0748. The first kappa shape index (κ1) is 70.8. The average Bonchev–Trinajstić information content (AvgIpc) is 3.39. The van der Waals surface area contributed by atoms with E-state index in [1.165, 1.54) is 263 Å². The fraction of sp³-hybridized carbons (Fsp3) is 0.851. The molecule has 2 atom stereocenters. The Morgan fingerprint density at radius 1 is 0.384 bits per heavy atom. The van der Waals surface area contributed by atoms with Crippen molar-refractivity contribution >= 4 is 11.9 Å². The molecule has 0 radical (unpaired) electrons. The van der Waals surface area contributed by atoms with E-state index in [0.717, 1.165) is 51.4 Å². The number of unbranched alkanes of at least 4 members (excludes halogenated alkanes) is 43. The number of carbonyl (C=O) groups is 2. The molecule has 0 aliphatic rings. The molecule has 0 heterocycles. The van der Waals surface area contributed by atoms with Crippen LogP contribution in [-0.4, -0.2) is 47.4 Å². The van der Waals surface area contributed by atoms with E-state index in [-0.39, 0.29) is 18.5 Å². The van der Waals surface area contributed by atoms with Gasteiger partial charge in [-0.05, 0) is 83.5 Å². The Kier molecular flexibility index (Phi) is 60.5. The minimum atomic E-state index is -0.850. The van der Waals surface area contributed by atoms with Crippen molar-refractivity contribution in [3.05, 3.63) is 48.6 Å². The van der Waals surface area contributed by atoms with Gasteiger partial charge < -0.3 is 20.3 Å². The first-order valence-electron chi connectivity index (χ1n) is 32.4. The van der Waals surface area contributed by atoms with E-state index in [4.69, 9.17) is 4.74 Å². The number of rotatable bonds is 60. The van der Waals surface area contributed by atoms with Crippen LogP contribution in [0.25, 0.3) is 0 Å². The second-order valence-electron chi connectivity index (χ2n) is 22.1. The summed E-state index contributed by atoms with van der Waals surface area (Å²) in [6.07, 6.45) is 80.2. The van der Waals surface area contributed by atoms with E-state index in [1.807, 2.05) is 6.08 Å². The predicted octanol–water partition coefficient (Wildman–Crippen LogP) is 20.5. The summed E-state index contributed by atoms with van der Waals surface area (Å²) in [6.45, 7) is 4.88. The number of esters is 1. The molecule has 0 aliphatic heterocycles. The number of hydrogen-bond acceptors (Lipinski definition) is 5. The first-order valence-corrected chi connectivity index (χ1v) is 32.4. The molecule has 2 unspecified atom stereocenters. The number of aliphatic hydroxyl groups is 2. The van der Waals surface area contributed by atoms with Crippen molar-refractivity contribution in [1.82, 2.24) is 5.32 Å². The number of nitrogens with one attached hydrogen (secondary N) is 1. The van der Waals surface area contributed by atoms with Gasteiger partial charge >= 0.3 is 5.97 Å². The third-order valence-electron chi connectivity index (χ3n) is 14.8. The zero-order valence-electron chi connectivity index (χ0n) is 48.9. The van der Waals surface area contributed by atoms with Gasteiger partial charge in [-0.2, -0.15) is 0 Å². The topological polar surface area (TPSA) is 95.9 Å². The van der Waals surface area contributed by atoms with Gasteiger partial charge in [-0.3, -0.25) is 9.59 Å². The van der Waals surface area contributed by atoms with Crippen LogP contribution >= 0.6 is 0 Å². The van der Waals surface area contributed by atoms with Crippen molar-refractivity contribution in [2.45, 2.75) is 353 Å². The van der Waals surface area contributed by atoms with Gasteiger partial charge in [0.05, 0.1) is 25.4 Å². The Labute approximate surface area is 455 Å². The van der Waals surface area contributed by atoms with Crippen LogP contribution in [0.2, 0.25) is 0 Å². The van der Waals surface area contributed by atoms with Crippen LogP contribution in [0.5, 0.6) is 0 Å². The van der Waals surface area contributed by atoms with Crippen molar-refractivity contribution in [3.63, 3.8) is 0 Å². The average molecular weight is 1020 g/mol. The van der Waals surface area contributed by atoms with Crippen LogP contribution in [0.1, 0.15) is 341 Å². The van der Waals surface area contributed by atoms with Gasteiger partial charge in [0, 0.05) is 12.8 Å². The number of amides is 1. The summed E-state index contributed by atoms with van der Waals surface area (Å²) in [7, 11) is 0. The molecule has 0 aliphatic carbocycles. The number of aliphatic hydroxyl groups excluding tert-OH is 2. The summed E-state index contributed by atoms with van der Waals surface area (Å²) >= 11 is 0. The molecule has 6 nitrogen and oxygen atoms in total. The Balaban J connectivity index is 3.48. The lowest BCUT2D eigenvalue weighted by Gasteiger charge is -2.20. The van der Waals surface area contributed by atoms with Crippen molar-refractivity contribution in [3.8, 4) is 0 Å². The van der Waals surface area contributed by atoms with E-state index in [9.17, 15) is 19.8 Å². The van der Waals surface area contributed by atoms with Crippen LogP contribution in [0.15, 0.2) is 48.6 Å². The molecule has 0 fully saturated rings. The number of ether oxygens (including phenoxy) is 1. The molecular weight excluding hydrogens is 899 g/mol. The number of allylic oxidation sites excluding steroid dienone is 7. The maximum atomic E-state index is 12.5. The third kappa shape index (κ3) is 58.9. The number of hydrogen-bond donors (Lipinski definition) is 3. The van der Waals surface area contributed by atoms with E-state index >= 15 is 0 Å². The maximum absolute atomic E-state index is 12.5. The molecule has 73 heavy (non-hydrogen) atoms. The summed E-state index contributed by atoms with van der Waals surface area (Å²) in [5.41, 5.74) is 0. The van der Waals surface area contributed by atoms with Gasteiger partial charge in [0.15, 0.2) is 0 Å². The smallest absolute Gasteiger partial charge is 0.305 e. The highest BCUT2D eigenvalue weighted by Gasteiger charge is 2.18. The molecule has 0 aromatic heterocycles. The normalized spacial score (nSPS) is 12.9. The lowest BCUT2D eigenvalue weighted by molar-refractivity contribution is -0.143. The van der Waals surface area contributed by atoms with Crippen molar-refractivity contribution in [2.75, 3.05) is 13.2 Å². The van der Waals surface area contributed by atoms with Gasteiger partial charge in [-0.1, -0.05) is 294 Å². The summed E-state index contributed by atoms with van der Waals surface area (Å²) < 4.78 is 5.45. The van der Waals surface area contributed by atoms with Gasteiger partial charge in [-0.15, -0.1) is 0 Å². The van der Waals surface area contributed by atoms with Crippen molar-refractivity contribution < 1.29 is 24.5 Å². The lowest BCUT2D eigenvalue weighted by Crippen LogP contribution is -2.45. The number of carbonyl (C=O) groups excluding carboxylic acids is 2. The van der Waals surface area contributed by atoms with E-state index in [0.29, 0.717) is 19.4 Å². The fourth-order valence-electron chi connectivity index (χ4n) is 9.82. The third-order valence-corrected chi connectivity index (χ3v) is 14.8. The molecule has 0 saturated carbocycles. The highest BCUT2D eigenvalue weighted by molar-refractivity contribution is 5.76. The highest BCUT2D eigenvalue weighted by Crippen LogP contribution is 2.17. The zero-order chi connectivity index (χ0) is 52.9. The largest absolute Gasteiger partial charge is 0.466 e. The van der Waals surface area contributed by atoms with Gasteiger partial charge in [-0.25, -0.2) is 0 Å². The Morgan fingerprint density at radius 3 is 1.10 bits per heavy atom. The zero-order valence-corrected chi connectivity index (χ0v) is 48.9. The quantitative estimate of drug-likeness (QED) is 0.0320. The SMILES string of the molecule is CCCC/C=C\CCCCCCCC(=O)OCCCCCCCCCCC/C=C\C/C=C\CCCCCCCCCCCC(=O)NC(CO)C(O)/C=C/CCCCCCCCCCCCCCCCCCCC. The summed E-state index contributed by atoms with van der Waals surface area (Å²) in [5, 5.41) is 23.2. The van der Waals surface area contributed by atoms with Crippen LogP contribution < -0.4 is 5.32 Å². The van der Waals surface area contributed by atoms with Crippen LogP contribution in [0, 0.1) is 0 Å². The van der Waals surface area contributed by atoms with Crippen LogP contribution in [-0.2, 0) is 14.3 Å². The minimum absolute atomic E-state index is 0.00276. The molecule has 1 amide bonds. The first-order chi connectivity index (χ1) is 36.0. The Hall–Kier alpha value is -2.18. The summed E-state index contributed by atoms with van der Waals surface area (Å²) in [6, 6.07) is -0.634. The van der Waals surface area contributed by atoms with Crippen LogP contribution in [0.3, 0.4) is 0 Å². The standard InChI is InChI=1S/C67H125NO5/c1-3-5-7-9-11-13-15-16-17-18-19-27-30-33-36-40-43-47-51-55-59-65(70)64(63-69)68-66(71)60-56-52-48-44-41-37-34-31-28-25-23-21-20-22-24-26-29-32-35-38-42-46-50-54-58-62-73-67(72)61-57-53-49-45-39-14-12-10-8-6-4-2/h10,12,21-24,55,59,64-65,69-70H,3-9,11,13-20,25-54,56-58,60-63H2,1-2H3,(H,68,71)/b12-10-,23-21-,24-22-,59-55+. The monoisotopic (exact) mass is 1020 g/mol. The van der Waals surface area contributed by atoms with Crippen molar-refractivity contribution in [2.24, 2.45) is 0 Å². The molecule has 0 aromatic carbocycles. The fourth-order valence-corrected chi connectivity index (χ4v) is 9.82. The van der Waals surface area contributed by atoms with E-state index in [2.05, 4.69) is 55.6 Å². The molecule has 0 spiro atoms. The van der Waals surface area contributed by atoms with Gasteiger partial charge in [0.1, 0.15) is 0 Å². The Morgan fingerprint density at radius 2 is 0.699 bits per heavy atom. The molecule has 0 saturated heterocycles. The molecule has 428 valence electrons. The molecular formula is C67H125NO5. The molecule has 0 bridgehead atoms. The molecule has 0 aromatic rings. The lowest BCUT2D eigenvalue weighted by atomic mass is 10.0. The predicted molar refractivity (Wildman–Crippen MR) is 319 cm³/mol. The molecule has 3 N–H and O–H groups in total. The van der Waals surface area contributed by atoms with Crippen LogP contribution in [0.4, 0.5) is 0 Å². The van der Waals surface area contributed by atoms with Crippen molar-refractivity contribution in [1.29, 1.82) is 0 Å². The molecule has 0 rings (SSSR count). The van der Waals surface area contributed by atoms with E-state index < -0.39 is 12.1 Å². The second kappa shape index (κ2) is 62.4. The highest BCUT2D eigenvalue weighted by atomic mass is 16.5. The maximum Gasteiger partial charge on any atom is 0.305 e. The minimum Gasteiger partial charge on any atom is -0.466 e. The second-order valence-corrected chi connectivity index (χ2v) is 22.1. The Bertz CT molecular complexity index is 1230. The van der Waals surface area contributed by atoms with Gasteiger partial charge in [0.2, 0.25) is 5.91 Å².